The molecule has 0 aromatic rings. The Balaban J connectivity index is 0.000000336. The standard InChI is InChI=1S/C9H17N.C2H6/c1-9(4-5-9)8-3-6-10(2)7-8;1-2/h8H,3-7H2,1-2H3;1-2H3. The van der Waals surface area contributed by atoms with Gasteiger partial charge in [-0.25, -0.2) is 0 Å². The minimum absolute atomic E-state index is 0.769. The lowest BCUT2D eigenvalue weighted by Crippen LogP contribution is -2.18. The second kappa shape index (κ2) is 3.78. The lowest BCUT2D eigenvalue weighted by Gasteiger charge is -2.16. The van der Waals surface area contributed by atoms with Crippen LogP contribution in [0.25, 0.3) is 0 Å². The quantitative estimate of drug-likeness (QED) is 0.583. The summed E-state index contributed by atoms with van der Waals surface area (Å²) in [6, 6.07) is 0. The van der Waals surface area contributed by atoms with Gasteiger partial charge in [0.1, 0.15) is 0 Å². The Labute approximate surface area is 77.1 Å². The summed E-state index contributed by atoms with van der Waals surface area (Å²) in [5.74, 6) is 1.03. The molecule has 1 unspecified atom stereocenters. The van der Waals surface area contributed by atoms with E-state index < -0.39 is 0 Å². The lowest BCUT2D eigenvalue weighted by atomic mass is 9.90. The zero-order valence-electron chi connectivity index (χ0n) is 9.06. The predicted octanol–water partition coefficient (Wildman–Crippen LogP) is 2.76. The van der Waals surface area contributed by atoms with Crippen LogP contribution >= 0.6 is 0 Å². The first-order valence-corrected chi connectivity index (χ1v) is 5.39. The van der Waals surface area contributed by atoms with Gasteiger partial charge in [-0.2, -0.15) is 0 Å². The minimum atomic E-state index is 0.769. The molecule has 1 saturated heterocycles. The fraction of sp³-hybridized carbons (Fsp3) is 1.00. The summed E-state index contributed by atoms with van der Waals surface area (Å²) in [6.45, 7) is 9.15. The molecule has 1 aliphatic heterocycles. The first kappa shape index (κ1) is 10.0. The van der Waals surface area contributed by atoms with E-state index in [9.17, 15) is 0 Å². The molecule has 2 rings (SSSR count). The molecule has 0 radical (unpaired) electrons. The fourth-order valence-electron chi connectivity index (χ4n) is 2.11. The van der Waals surface area contributed by atoms with Gasteiger partial charge >= 0.3 is 0 Å². The van der Waals surface area contributed by atoms with E-state index in [0.29, 0.717) is 0 Å². The molecule has 72 valence electrons. The molecule has 0 amide bonds. The van der Waals surface area contributed by atoms with Crippen molar-refractivity contribution in [3.05, 3.63) is 0 Å². The van der Waals surface area contributed by atoms with Gasteiger partial charge in [0.2, 0.25) is 0 Å². The maximum Gasteiger partial charge on any atom is 0.00123 e. The summed E-state index contributed by atoms with van der Waals surface area (Å²) >= 11 is 0. The zero-order valence-corrected chi connectivity index (χ0v) is 9.06. The van der Waals surface area contributed by atoms with Gasteiger partial charge in [0.05, 0.1) is 0 Å². The fourth-order valence-corrected chi connectivity index (χ4v) is 2.11. The summed E-state index contributed by atoms with van der Waals surface area (Å²) in [7, 11) is 2.24. The molecule has 0 N–H and O–H groups in total. The molecule has 1 atom stereocenters. The van der Waals surface area contributed by atoms with Crippen molar-refractivity contribution in [2.24, 2.45) is 11.3 Å². The van der Waals surface area contributed by atoms with Crippen LogP contribution in [0.5, 0.6) is 0 Å². The van der Waals surface area contributed by atoms with Crippen LogP contribution in [-0.4, -0.2) is 25.0 Å². The van der Waals surface area contributed by atoms with Gasteiger partial charge in [0.25, 0.3) is 0 Å². The minimum Gasteiger partial charge on any atom is -0.306 e. The van der Waals surface area contributed by atoms with Crippen LogP contribution in [0.2, 0.25) is 0 Å². The molecule has 1 aliphatic carbocycles. The second-order valence-corrected chi connectivity index (χ2v) is 4.40. The highest BCUT2D eigenvalue weighted by molar-refractivity contribution is 4.97. The zero-order chi connectivity index (χ0) is 9.19. The molecule has 2 aliphatic rings. The molecular weight excluding hydrogens is 146 g/mol. The molecule has 0 aromatic carbocycles. The highest BCUT2D eigenvalue weighted by Crippen LogP contribution is 2.53. The van der Waals surface area contributed by atoms with E-state index in [1.165, 1.54) is 32.4 Å². The maximum absolute atomic E-state index is 2.47. The average Bonchev–Trinajstić information content (AvgIpc) is 2.66. The Bertz CT molecular complexity index is 138. The summed E-state index contributed by atoms with van der Waals surface area (Å²) < 4.78 is 0. The van der Waals surface area contributed by atoms with Crippen molar-refractivity contribution in [2.45, 2.75) is 40.0 Å². The van der Waals surface area contributed by atoms with Gasteiger partial charge in [-0.05, 0) is 44.2 Å². The van der Waals surface area contributed by atoms with Crippen molar-refractivity contribution in [2.75, 3.05) is 20.1 Å². The highest BCUT2D eigenvalue weighted by atomic mass is 15.1. The third kappa shape index (κ3) is 2.01. The Kier molecular flexibility index (Phi) is 3.16. The van der Waals surface area contributed by atoms with Gasteiger partial charge < -0.3 is 4.90 Å². The van der Waals surface area contributed by atoms with Crippen LogP contribution in [0.1, 0.15) is 40.0 Å². The first-order chi connectivity index (χ1) is 5.71. The molecular formula is C11H23N. The van der Waals surface area contributed by atoms with E-state index in [2.05, 4.69) is 18.9 Å². The van der Waals surface area contributed by atoms with Crippen molar-refractivity contribution in [1.29, 1.82) is 0 Å². The van der Waals surface area contributed by atoms with E-state index in [4.69, 9.17) is 0 Å². The summed E-state index contributed by atoms with van der Waals surface area (Å²) in [4.78, 5) is 2.47. The summed E-state index contributed by atoms with van der Waals surface area (Å²) in [6.07, 6.45) is 4.43. The van der Waals surface area contributed by atoms with Gasteiger partial charge in [0.15, 0.2) is 0 Å². The van der Waals surface area contributed by atoms with Crippen molar-refractivity contribution >= 4 is 0 Å². The smallest absolute Gasteiger partial charge is 0.00123 e. The highest BCUT2D eigenvalue weighted by Gasteiger charge is 2.46. The third-order valence-electron chi connectivity index (χ3n) is 3.42. The Morgan fingerprint density at radius 1 is 1.25 bits per heavy atom. The van der Waals surface area contributed by atoms with Crippen molar-refractivity contribution in [3.8, 4) is 0 Å². The third-order valence-corrected chi connectivity index (χ3v) is 3.42. The lowest BCUT2D eigenvalue weighted by molar-refractivity contribution is 0.320. The summed E-state index contributed by atoms with van der Waals surface area (Å²) in [5, 5.41) is 0. The average molecular weight is 169 g/mol. The summed E-state index contributed by atoms with van der Waals surface area (Å²) in [5.41, 5.74) is 0.769. The van der Waals surface area contributed by atoms with E-state index in [0.717, 1.165) is 11.3 Å². The Morgan fingerprint density at radius 3 is 2.17 bits per heavy atom. The number of rotatable bonds is 1. The molecule has 1 heteroatoms. The van der Waals surface area contributed by atoms with Crippen LogP contribution in [0.15, 0.2) is 0 Å². The number of likely N-dealkylation sites (tertiary alicyclic amines) is 1. The monoisotopic (exact) mass is 169 g/mol. The maximum atomic E-state index is 2.47. The number of hydrogen-bond acceptors (Lipinski definition) is 1. The van der Waals surface area contributed by atoms with E-state index >= 15 is 0 Å². The molecule has 0 bridgehead atoms. The van der Waals surface area contributed by atoms with Gasteiger partial charge in [-0.3, -0.25) is 0 Å². The molecule has 2 fully saturated rings. The van der Waals surface area contributed by atoms with Crippen LogP contribution in [0.3, 0.4) is 0 Å². The molecule has 1 nitrogen and oxygen atoms in total. The van der Waals surface area contributed by atoms with Crippen LogP contribution in [-0.2, 0) is 0 Å². The SMILES string of the molecule is CC.CN1CCC(C2(C)CC2)C1. The van der Waals surface area contributed by atoms with Gasteiger partial charge in [0, 0.05) is 6.54 Å². The van der Waals surface area contributed by atoms with E-state index in [1.807, 2.05) is 13.8 Å². The molecule has 0 aromatic heterocycles. The van der Waals surface area contributed by atoms with Crippen LogP contribution in [0, 0.1) is 11.3 Å². The number of nitrogens with zero attached hydrogens (tertiary/aromatic N) is 1. The molecule has 1 saturated carbocycles. The van der Waals surface area contributed by atoms with Crippen LogP contribution in [0.4, 0.5) is 0 Å². The number of hydrogen-bond donors (Lipinski definition) is 0. The molecule has 12 heavy (non-hydrogen) atoms. The Morgan fingerprint density at radius 2 is 1.83 bits per heavy atom. The van der Waals surface area contributed by atoms with Crippen LogP contribution < -0.4 is 0 Å². The van der Waals surface area contributed by atoms with Crippen molar-refractivity contribution in [1.82, 2.24) is 4.90 Å². The Hall–Kier alpha value is -0.0400. The topological polar surface area (TPSA) is 3.24 Å². The van der Waals surface area contributed by atoms with Gasteiger partial charge in [-0.1, -0.05) is 20.8 Å². The van der Waals surface area contributed by atoms with E-state index in [-0.39, 0.29) is 0 Å². The molecule has 0 spiro atoms. The first-order valence-electron chi connectivity index (χ1n) is 5.39. The van der Waals surface area contributed by atoms with Crippen molar-refractivity contribution < 1.29 is 0 Å². The van der Waals surface area contributed by atoms with Gasteiger partial charge in [-0.15, -0.1) is 0 Å². The molecule has 1 heterocycles. The predicted molar refractivity (Wildman–Crippen MR) is 54.3 cm³/mol. The second-order valence-electron chi connectivity index (χ2n) is 4.40. The van der Waals surface area contributed by atoms with E-state index in [1.54, 1.807) is 0 Å². The largest absolute Gasteiger partial charge is 0.306 e. The van der Waals surface area contributed by atoms with Crippen molar-refractivity contribution in [3.63, 3.8) is 0 Å². The normalized spacial score (nSPS) is 32.5.